The molecule has 0 saturated heterocycles. The number of aryl methyl sites for hydroxylation is 1. The summed E-state index contributed by atoms with van der Waals surface area (Å²) >= 11 is 1.41. The first kappa shape index (κ1) is 19.3. The highest BCUT2D eigenvalue weighted by atomic mass is 32.1. The van der Waals surface area contributed by atoms with Crippen molar-refractivity contribution in [3.63, 3.8) is 0 Å². The zero-order valence-electron chi connectivity index (χ0n) is 15.2. The fraction of sp³-hybridized carbons (Fsp3) is 0.200. The summed E-state index contributed by atoms with van der Waals surface area (Å²) in [5.41, 5.74) is 1.83. The van der Waals surface area contributed by atoms with Gasteiger partial charge in [-0.2, -0.15) is 5.26 Å². The van der Waals surface area contributed by atoms with E-state index in [1.165, 1.54) is 11.3 Å². The average Bonchev–Trinajstić information content (AvgIpc) is 3.08. The molecule has 0 aliphatic carbocycles. The summed E-state index contributed by atoms with van der Waals surface area (Å²) in [7, 11) is 0. The van der Waals surface area contributed by atoms with E-state index in [9.17, 15) is 9.59 Å². The predicted octanol–water partition coefficient (Wildman–Crippen LogP) is 2.70. The van der Waals surface area contributed by atoms with Gasteiger partial charge in [0.1, 0.15) is 23.1 Å². The lowest BCUT2D eigenvalue weighted by Gasteiger charge is -2.07. The maximum Gasteiger partial charge on any atom is 0.240 e. The van der Waals surface area contributed by atoms with Crippen LogP contribution in [0.25, 0.3) is 10.2 Å². The van der Waals surface area contributed by atoms with Crippen LogP contribution >= 0.6 is 11.3 Å². The smallest absolute Gasteiger partial charge is 0.240 e. The first-order valence-corrected chi connectivity index (χ1v) is 9.40. The molecule has 0 fully saturated rings. The zero-order valence-corrected chi connectivity index (χ0v) is 16.0. The summed E-state index contributed by atoms with van der Waals surface area (Å²) < 4.78 is 6.85. The van der Waals surface area contributed by atoms with E-state index in [2.05, 4.69) is 15.6 Å². The van der Waals surface area contributed by atoms with Crippen molar-refractivity contribution < 1.29 is 14.3 Å². The molecular formula is C20H18N4O3S. The minimum atomic E-state index is -0.405. The highest BCUT2D eigenvalue weighted by Gasteiger charge is 2.11. The molecule has 2 N–H and O–H groups in total. The Kier molecular flexibility index (Phi) is 6.19. The van der Waals surface area contributed by atoms with E-state index in [1.54, 1.807) is 6.07 Å². The standard InChI is InChI=1S/C20H18N4O3S/c1-13-4-2-3-5-16(13)27-14-6-7-15-17(10-14)28-20(24-15)11-18(25)23-12-19(26)22-9-8-21/h2-7,10H,9,11-12H2,1H3,(H,22,26)(H,23,25). The molecule has 3 rings (SSSR count). The second-order valence-corrected chi connectivity index (χ2v) is 7.11. The number of rotatable bonds is 7. The van der Waals surface area contributed by atoms with Gasteiger partial charge in [-0.15, -0.1) is 11.3 Å². The summed E-state index contributed by atoms with van der Waals surface area (Å²) in [6.45, 7) is 1.73. The summed E-state index contributed by atoms with van der Waals surface area (Å²) in [4.78, 5) is 27.9. The van der Waals surface area contributed by atoms with E-state index >= 15 is 0 Å². The Balaban J connectivity index is 1.63. The number of hydrogen-bond donors (Lipinski definition) is 2. The van der Waals surface area contributed by atoms with Gasteiger partial charge in [0.15, 0.2) is 0 Å². The molecule has 2 aromatic carbocycles. The number of carbonyl (C=O) groups is 2. The number of carbonyl (C=O) groups excluding carboxylic acids is 2. The number of hydrogen-bond acceptors (Lipinski definition) is 6. The molecule has 0 aliphatic heterocycles. The third-order valence-electron chi connectivity index (χ3n) is 3.85. The largest absolute Gasteiger partial charge is 0.457 e. The Morgan fingerprint density at radius 2 is 2.00 bits per heavy atom. The van der Waals surface area contributed by atoms with Crippen molar-refractivity contribution in [1.29, 1.82) is 5.26 Å². The van der Waals surface area contributed by atoms with Gasteiger partial charge in [-0.25, -0.2) is 4.98 Å². The number of ether oxygens (including phenoxy) is 1. The van der Waals surface area contributed by atoms with Crippen molar-refractivity contribution in [1.82, 2.24) is 15.6 Å². The quantitative estimate of drug-likeness (QED) is 0.600. The number of nitrogens with zero attached hydrogens (tertiary/aromatic N) is 2. The Bertz CT molecular complexity index is 1060. The fourth-order valence-electron chi connectivity index (χ4n) is 2.47. The highest BCUT2D eigenvalue weighted by Crippen LogP contribution is 2.30. The predicted molar refractivity (Wildman–Crippen MR) is 106 cm³/mol. The van der Waals surface area contributed by atoms with Crippen LogP contribution in [-0.4, -0.2) is 29.9 Å². The van der Waals surface area contributed by atoms with Gasteiger partial charge in [0.2, 0.25) is 11.8 Å². The number of nitriles is 1. The van der Waals surface area contributed by atoms with Crippen molar-refractivity contribution in [3.05, 3.63) is 53.0 Å². The molecule has 0 atom stereocenters. The van der Waals surface area contributed by atoms with Crippen LogP contribution < -0.4 is 15.4 Å². The van der Waals surface area contributed by atoms with Crippen LogP contribution in [0.1, 0.15) is 10.6 Å². The monoisotopic (exact) mass is 394 g/mol. The van der Waals surface area contributed by atoms with E-state index < -0.39 is 5.91 Å². The Labute approximate surface area is 166 Å². The van der Waals surface area contributed by atoms with Crippen LogP contribution in [0.15, 0.2) is 42.5 Å². The normalized spacial score (nSPS) is 10.3. The van der Waals surface area contributed by atoms with E-state index in [1.807, 2.05) is 49.4 Å². The van der Waals surface area contributed by atoms with Gasteiger partial charge < -0.3 is 15.4 Å². The molecule has 0 aliphatic rings. The Hall–Kier alpha value is -3.44. The number of amides is 2. The highest BCUT2D eigenvalue weighted by molar-refractivity contribution is 7.18. The molecule has 0 bridgehead atoms. The molecule has 142 valence electrons. The SMILES string of the molecule is Cc1ccccc1Oc1ccc2nc(CC(=O)NCC(=O)NCC#N)sc2c1. The number of para-hydroxylation sites is 1. The second kappa shape index (κ2) is 8.97. The van der Waals surface area contributed by atoms with Crippen molar-refractivity contribution in [3.8, 4) is 17.6 Å². The molecular weight excluding hydrogens is 376 g/mol. The van der Waals surface area contributed by atoms with Crippen LogP contribution in [0.2, 0.25) is 0 Å². The number of fused-ring (bicyclic) bond motifs is 1. The minimum Gasteiger partial charge on any atom is -0.457 e. The lowest BCUT2D eigenvalue weighted by molar-refractivity contribution is -0.125. The molecule has 1 heterocycles. The zero-order chi connectivity index (χ0) is 19.9. The molecule has 0 radical (unpaired) electrons. The van der Waals surface area contributed by atoms with Gasteiger partial charge in [0.25, 0.3) is 0 Å². The number of aromatic nitrogens is 1. The van der Waals surface area contributed by atoms with Crippen molar-refractivity contribution in [2.24, 2.45) is 0 Å². The lowest BCUT2D eigenvalue weighted by atomic mass is 10.2. The van der Waals surface area contributed by atoms with Crippen molar-refractivity contribution in [2.75, 3.05) is 13.1 Å². The van der Waals surface area contributed by atoms with Crippen molar-refractivity contribution in [2.45, 2.75) is 13.3 Å². The lowest BCUT2D eigenvalue weighted by Crippen LogP contribution is -2.37. The van der Waals surface area contributed by atoms with E-state index in [4.69, 9.17) is 10.00 Å². The summed E-state index contributed by atoms with van der Waals surface area (Å²) in [6, 6.07) is 15.2. The van der Waals surface area contributed by atoms with Crippen LogP contribution in [0.4, 0.5) is 0 Å². The summed E-state index contributed by atoms with van der Waals surface area (Å²) in [5.74, 6) is 0.788. The van der Waals surface area contributed by atoms with E-state index in [0.29, 0.717) is 10.8 Å². The van der Waals surface area contributed by atoms with Crippen LogP contribution in [0.3, 0.4) is 0 Å². The first-order valence-electron chi connectivity index (χ1n) is 8.58. The molecule has 28 heavy (non-hydrogen) atoms. The molecule has 8 heteroatoms. The summed E-state index contributed by atoms with van der Waals surface area (Å²) in [5, 5.41) is 13.9. The van der Waals surface area contributed by atoms with E-state index in [-0.39, 0.29) is 25.4 Å². The maximum absolute atomic E-state index is 12.0. The van der Waals surface area contributed by atoms with Crippen molar-refractivity contribution >= 4 is 33.4 Å². The molecule has 7 nitrogen and oxygen atoms in total. The molecule has 3 aromatic rings. The first-order chi connectivity index (χ1) is 13.5. The molecule has 2 amide bonds. The Morgan fingerprint density at radius 1 is 1.18 bits per heavy atom. The fourth-order valence-corrected chi connectivity index (χ4v) is 3.46. The molecule has 0 unspecified atom stereocenters. The third-order valence-corrected chi connectivity index (χ3v) is 4.87. The number of nitrogens with one attached hydrogen (secondary N) is 2. The van der Waals surface area contributed by atoms with Crippen LogP contribution in [0.5, 0.6) is 11.5 Å². The van der Waals surface area contributed by atoms with Gasteiger partial charge in [-0.05, 0) is 30.7 Å². The molecule has 0 saturated carbocycles. The van der Waals surface area contributed by atoms with Crippen LogP contribution in [0, 0.1) is 18.3 Å². The van der Waals surface area contributed by atoms with Gasteiger partial charge in [0, 0.05) is 6.07 Å². The third kappa shape index (κ3) is 5.05. The average molecular weight is 394 g/mol. The summed E-state index contributed by atoms with van der Waals surface area (Å²) in [6.07, 6.45) is 0.0822. The Morgan fingerprint density at radius 3 is 2.79 bits per heavy atom. The minimum absolute atomic E-state index is 0.0822. The molecule has 0 spiro atoms. The molecule has 1 aromatic heterocycles. The maximum atomic E-state index is 12.0. The number of benzene rings is 2. The number of thiazole rings is 1. The second-order valence-electron chi connectivity index (χ2n) is 5.99. The van der Waals surface area contributed by atoms with Gasteiger partial charge >= 0.3 is 0 Å². The van der Waals surface area contributed by atoms with Gasteiger partial charge in [-0.3, -0.25) is 9.59 Å². The van der Waals surface area contributed by atoms with Gasteiger partial charge in [-0.1, -0.05) is 18.2 Å². The van der Waals surface area contributed by atoms with Crippen LogP contribution in [-0.2, 0) is 16.0 Å². The topological polar surface area (TPSA) is 104 Å². The van der Waals surface area contributed by atoms with Gasteiger partial charge in [0.05, 0.1) is 29.3 Å². The van der Waals surface area contributed by atoms with E-state index in [0.717, 1.165) is 21.5 Å².